The average Bonchev–Trinajstić information content (AvgIpc) is 2.45. The van der Waals surface area contributed by atoms with Crippen LogP contribution in [0.5, 0.6) is 0 Å². The van der Waals surface area contributed by atoms with Gasteiger partial charge in [-0.2, -0.15) is 0 Å². The second-order valence-electron chi connectivity index (χ2n) is 6.13. The zero-order valence-corrected chi connectivity index (χ0v) is 12.8. The van der Waals surface area contributed by atoms with E-state index in [0.717, 1.165) is 17.5 Å². The summed E-state index contributed by atoms with van der Waals surface area (Å²) in [4.78, 5) is 0. The number of rotatable bonds is 1. The normalized spacial score (nSPS) is 10.8. The lowest BCUT2D eigenvalue weighted by Gasteiger charge is -2.18. The van der Waals surface area contributed by atoms with Crippen molar-refractivity contribution in [1.82, 2.24) is 0 Å². The molecule has 0 heterocycles. The predicted octanol–water partition coefficient (Wildman–Crippen LogP) is 4.95. The smallest absolute Gasteiger partial charge is 0.0251 e. The van der Waals surface area contributed by atoms with E-state index in [0.29, 0.717) is 0 Å². The van der Waals surface area contributed by atoms with Crippen LogP contribution in [-0.4, -0.2) is 0 Å². The highest BCUT2D eigenvalue weighted by Crippen LogP contribution is 2.22. The summed E-state index contributed by atoms with van der Waals surface area (Å²) in [5, 5.41) is 0. The molecule has 0 aliphatic heterocycles. The van der Waals surface area contributed by atoms with E-state index < -0.39 is 0 Å². The molecule has 0 aliphatic carbocycles. The first-order valence-corrected chi connectivity index (χ1v) is 7.20. The molecule has 2 rings (SSSR count). The second-order valence-corrected chi connectivity index (χ2v) is 6.13. The van der Waals surface area contributed by atoms with Crippen LogP contribution < -0.4 is 0 Å². The fourth-order valence-electron chi connectivity index (χ4n) is 2.03. The van der Waals surface area contributed by atoms with Gasteiger partial charge in [-0.25, -0.2) is 0 Å². The highest BCUT2D eigenvalue weighted by molar-refractivity contribution is 5.45. The Morgan fingerprint density at radius 1 is 0.850 bits per heavy atom. The van der Waals surface area contributed by atoms with Crippen LogP contribution in [0.3, 0.4) is 0 Å². The molecule has 2 aromatic carbocycles. The lowest BCUT2D eigenvalue weighted by molar-refractivity contribution is 0.590. The van der Waals surface area contributed by atoms with Crippen LogP contribution in [0.4, 0.5) is 0 Å². The minimum atomic E-state index is 0.167. The maximum absolute atomic E-state index is 3.26. The first kappa shape index (κ1) is 14.4. The highest BCUT2D eigenvalue weighted by Gasteiger charge is 2.12. The predicted molar refractivity (Wildman–Crippen MR) is 86.9 cm³/mol. The first-order chi connectivity index (χ1) is 9.49. The van der Waals surface area contributed by atoms with Gasteiger partial charge in [-0.15, -0.1) is 0 Å². The number of aryl methyl sites for hydroxylation is 1. The minimum Gasteiger partial charge on any atom is -0.0617 e. The molecule has 0 atom stereocenters. The van der Waals surface area contributed by atoms with Crippen LogP contribution >= 0.6 is 0 Å². The van der Waals surface area contributed by atoms with Gasteiger partial charge in [0.2, 0.25) is 0 Å². The molecule has 2 aromatic rings. The lowest BCUT2D eigenvalue weighted by atomic mass is 9.86. The van der Waals surface area contributed by atoms with Gasteiger partial charge >= 0.3 is 0 Å². The van der Waals surface area contributed by atoms with Crippen LogP contribution in [0.25, 0.3) is 0 Å². The SMILES string of the molecule is CCc1ccc(C#Cc2cccc(C(C)(C)C)c2)cc1. The molecular weight excluding hydrogens is 240 g/mol. The third kappa shape index (κ3) is 3.75. The minimum absolute atomic E-state index is 0.167. The number of benzene rings is 2. The summed E-state index contributed by atoms with van der Waals surface area (Å²) in [5.74, 6) is 6.50. The molecule has 0 aromatic heterocycles. The Morgan fingerprint density at radius 3 is 2.10 bits per heavy atom. The Morgan fingerprint density at radius 2 is 1.50 bits per heavy atom. The van der Waals surface area contributed by atoms with Crippen LogP contribution in [0.1, 0.15) is 49.9 Å². The molecule has 20 heavy (non-hydrogen) atoms. The average molecular weight is 262 g/mol. The summed E-state index contributed by atoms with van der Waals surface area (Å²) < 4.78 is 0. The van der Waals surface area contributed by atoms with Crippen LogP contribution in [0.15, 0.2) is 48.5 Å². The molecule has 0 fully saturated rings. The van der Waals surface area contributed by atoms with Gasteiger partial charge in [0.05, 0.1) is 0 Å². The van der Waals surface area contributed by atoms with Gasteiger partial charge in [0.25, 0.3) is 0 Å². The van der Waals surface area contributed by atoms with E-state index in [1.54, 1.807) is 0 Å². The van der Waals surface area contributed by atoms with E-state index in [9.17, 15) is 0 Å². The van der Waals surface area contributed by atoms with Crippen LogP contribution in [-0.2, 0) is 11.8 Å². The molecule has 0 N–H and O–H groups in total. The highest BCUT2D eigenvalue weighted by atomic mass is 14.2. The summed E-state index contributed by atoms with van der Waals surface area (Å²) in [7, 11) is 0. The van der Waals surface area contributed by atoms with Gasteiger partial charge < -0.3 is 0 Å². The van der Waals surface area contributed by atoms with E-state index in [4.69, 9.17) is 0 Å². The van der Waals surface area contributed by atoms with Gasteiger partial charge in [0.15, 0.2) is 0 Å². The van der Waals surface area contributed by atoms with Gasteiger partial charge in [0, 0.05) is 11.1 Å². The summed E-state index contributed by atoms with van der Waals surface area (Å²) >= 11 is 0. The molecule has 0 amide bonds. The van der Waals surface area contributed by atoms with Crippen molar-refractivity contribution in [3.8, 4) is 11.8 Å². The summed E-state index contributed by atoms with van der Waals surface area (Å²) in [5.41, 5.74) is 5.00. The van der Waals surface area contributed by atoms with Crippen molar-refractivity contribution < 1.29 is 0 Å². The Kier molecular flexibility index (Phi) is 4.30. The fourth-order valence-corrected chi connectivity index (χ4v) is 2.03. The van der Waals surface area contributed by atoms with Crippen molar-refractivity contribution in [3.63, 3.8) is 0 Å². The van der Waals surface area contributed by atoms with Crippen molar-refractivity contribution in [2.45, 2.75) is 39.5 Å². The largest absolute Gasteiger partial charge is 0.0617 e. The van der Waals surface area contributed by atoms with E-state index in [1.807, 2.05) is 0 Å². The summed E-state index contributed by atoms with van der Waals surface area (Å²) in [6, 6.07) is 17.0. The molecule has 0 nitrogen and oxygen atoms in total. The molecule has 0 bridgehead atoms. The van der Waals surface area contributed by atoms with Gasteiger partial charge in [-0.05, 0) is 47.2 Å². The monoisotopic (exact) mass is 262 g/mol. The molecule has 0 radical (unpaired) electrons. The Balaban J connectivity index is 2.24. The maximum atomic E-state index is 3.26. The molecule has 0 saturated heterocycles. The Labute approximate surface area is 122 Å². The molecule has 0 unspecified atom stereocenters. The molecule has 0 aliphatic rings. The lowest BCUT2D eigenvalue weighted by Crippen LogP contribution is -2.10. The standard InChI is InChI=1S/C20H22/c1-5-16-9-11-17(12-10-16)13-14-18-7-6-8-19(15-18)20(2,3)4/h6-12,15H,5H2,1-4H3. The van der Waals surface area contributed by atoms with Crippen molar-refractivity contribution in [3.05, 3.63) is 70.8 Å². The topological polar surface area (TPSA) is 0 Å². The second kappa shape index (κ2) is 5.97. The number of hydrogen-bond acceptors (Lipinski definition) is 0. The van der Waals surface area contributed by atoms with Gasteiger partial charge in [-0.1, -0.05) is 63.8 Å². The third-order valence-electron chi connectivity index (χ3n) is 3.44. The van der Waals surface area contributed by atoms with Crippen molar-refractivity contribution in [1.29, 1.82) is 0 Å². The fraction of sp³-hybridized carbons (Fsp3) is 0.300. The van der Waals surface area contributed by atoms with Crippen molar-refractivity contribution in [2.75, 3.05) is 0 Å². The van der Waals surface area contributed by atoms with E-state index in [1.165, 1.54) is 11.1 Å². The molecular formula is C20H22. The number of hydrogen-bond donors (Lipinski definition) is 0. The molecule has 0 heteroatoms. The van der Waals surface area contributed by atoms with Crippen molar-refractivity contribution >= 4 is 0 Å². The van der Waals surface area contributed by atoms with Gasteiger partial charge in [0.1, 0.15) is 0 Å². The third-order valence-corrected chi connectivity index (χ3v) is 3.44. The first-order valence-electron chi connectivity index (χ1n) is 7.20. The zero-order valence-electron chi connectivity index (χ0n) is 12.8. The van der Waals surface area contributed by atoms with E-state index >= 15 is 0 Å². The molecule has 102 valence electrons. The van der Waals surface area contributed by atoms with E-state index in [2.05, 4.69) is 88.1 Å². The summed E-state index contributed by atoms with van der Waals surface area (Å²) in [6.07, 6.45) is 1.07. The quantitative estimate of drug-likeness (QED) is 0.638. The maximum Gasteiger partial charge on any atom is 0.0251 e. The van der Waals surface area contributed by atoms with Crippen molar-refractivity contribution in [2.24, 2.45) is 0 Å². The van der Waals surface area contributed by atoms with Gasteiger partial charge in [-0.3, -0.25) is 0 Å². The Hall–Kier alpha value is -2.00. The molecule has 0 saturated carbocycles. The van der Waals surface area contributed by atoms with Crippen LogP contribution in [0.2, 0.25) is 0 Å². The Bertz CT molecular complexity index is 628. The summed E-state index contributed by atoms with van der Waals surface area (Å²) in [6.45, 7) is 8.84. The zero-order chi connectivity index (χ0) is 14.6. The molecule has 0 spiro atoms. The van der Waals surface area contributed by atoms with Crippen LogP contribution in [0, 0.1) is 11.8 Å². The van der Waals surface area contributed by atoms with E-state index in [-0.39, 0.29) is 5.41 Å².